The van der Waals surface area contributed by atoms with E-state index in [-0.39, 0.29) is 17.5 Å². The van der Waals surface area contributed by atoms with Gasteiger partial charge in [0.25, 0.3) is 0 Å². The molecule has 0 saturated carbocycles. The van der Waals surface area contributed by atoms with Crippen molar-refractivity contribution in [1.29, 1.82) is 0 Å². The number of nitrogens with zero attached hydrogens (tertiary/aromatic N) is 4. The number of hydrogen-bond acceptors (Lipinski definition) is 6. The van der Waals surface area contributed by atoms with Gasteiger partial charge in [-0.05, 0) is 30.5 Å². The summed E-state index contributed by atoms with van der Waals surface area (Å²) in [4.78, 5) is 14.7. The first-order chi connectivity index (χ1) is 13.9. The topological polar surface area (TPSA) is 72.3 Å². The van der Waals surface area contributed by atoms with Crippen LogP contribution in [0, 0.1) is 18.7 Å². The van der Waals surface area contributed by atoms with E-state index < -0.39 is 0 Å². The molecule has 1 aliphatic rings. The van der Waals surface area contributed by atoms with Crippen molar-refractivity contribution in [2.75, 3.05) is 37.4 Å². The highest BCUT2D eigenvalue weighted by molar-refractivity contribution is 7.99. The lowest BCUT2D eigenvalue weighted by molar-refractivity contribution is -0.113. The van der Waals surface area contributed by atoms with Gasteiger partial charge in [0, 0.05) is 25.3 Å². The second-order valence-electron chi connectivity index (χ2n) is 7.59. The molecule has 3 rings (SSSR count). The SMILES string of the molecule is Cc1ccc(F)cc1NC(=O)CSc1nnc(CN2CCOCC2)n1CC(C)C. The second-order valence-corrected chi connectivity index (χ2v) is 8.53. The van der Waals surface area contributed by atoms with Crippen molar-refractivity contribution in [3.8, 4) is 0 Å². The van der Waals surface area contributed by atoms with Crippen LogP contribution < -0.4 is 5.32 Å². The number of aryl methyl sites for hydroxylation is 1. The molecule has 1 aliphatic heterocycles. The van der Waals surface area contributed by atoms with Crippen molar-refractivity contribution in [2.45, 2.75) is 39.0 Å². The van der Waals surface area contributed by atoms with E-state index in [1.807, 2.05) is 6.92 Å². The number of benzene rings is 1. The Bertz CT molecular complexity index is 836. The molecule has 9 heteroatoms. The Morgan fingerprint density at radius 1 is 1.31 bits per heavy atom. The zero-order chi connectivity index (χ0) is 20.8. The summed E-state index contributed by atoms with van der Waals surface area (Å²) in [6.07, 6.45) is 0. The molecular formula is C20H28FN5O2S. The highest BCUT2D eigenvalue weighted by Crippen LogP contribution is 2.21. The number of halogens is 1. The van der Waals surface area contributed by atoms with E-state index in [0.29, 0.717) is 11.6 Å². The van der Waals surface area contributed by atoms with Gasteiger partial charge in [0.15, 0.2) is 5.16 Å². The fraction of sp³-hybridized carbons (Fsp3) is 0.550. The Labute approximate surface area is 175 Å². The smallest absolute Gasteiger partial charge is 0.234 e. The lowest BCUT2D eigenvalue weighted by atomic mass is 10.2. The Kier molecular flexibility index (Phi) is 7.63. The van der Waals surface area contributed by atoms with E-state index in [2.05, 4.69) is 38.8 Å². The first-order valence-corrected chi connectivity index (χ1v) is 10.8. The number of anilines is 1. The molecule has 29 heavy (non-hydrogen) atoms. The molecule has 0 bridgehead atoms. The summed E-state index contributed by atoms with van der Waals surface area (Å²) in [6, 6.07) is 4.36. The van der Waals surface area contributed by atoms with Crippen LogP contribution in [0.4, 0.5) is 10.1 Å². The summed E-state index contributed by atoms with van der Waals surface area (Å²) in [5.41, 5.74) is 1.31. The van der Waals surface area contributed by atoms with Gasteiger partial charge in [-0.25, -0.2) is 4.39 Å². The molecule has 0 radical (unpaired) electrons. The number of morpholine rings is 1. The molecule has 1 N–H and O–H groups in total. The minimum Gasteiger partial charge on any atom is -0.379 e. The van der Waals surface area contributed by atoms with Gasteiger partial charge in [-0.15, -0.1) is 10.2 Å². The molecule has 1 aromatic heterocycles. The third kappa shape index (κ3) is 6.25. The molecule has 0 atom stereocenters. The van der Waals surface area contributed by atoms with E-state index in [9.17, 15) is 9.18 Å². The van der Waals surface area contributed by atoms with E-state index in [1.165, 1.54) is 23.9 Å². The summed E-state index contributed by atoms with van der Waals surface area (Å²) >= 11 is 1.35. The van der Waals surface area contributed by atoms with Crippen LogP contribution in [0.1, 0.15) is 25.2 Å². The lowest BCUT2D eigenvalue weighted by Gasteiger charge is -2.26. The van der Waals surface area contributed by atoms with Gasteiger partial charge >= 0.3 is 0 Å². The number of hydrogen-bond donors (Lipinski definition) is 1. The second kappa shape index (κ2) is 10.2. The number of ether oxygens (including phenoxy) is 1. The lowest BCUT2D eigenvalue weighted by Crippen LogP contribution is -2.36. The monoisotopic (exact) mass is 421 g/mol. The zero-order valence-corrected chi connectivity index (χ0v) is 18.0. The molecule has 7 nitrogen and oxygen atoms in total. The highest BCUT2D eigenvalue weighted by Gasteiger charge is 2.19. The molecule has 2 heterocycles. The maximum atomic E-state index is 13.4. The Balaban J connectivity index is 1.64. The third-order valence-corrected chi connectivity index (χ3v) is 5.58. The summed E-state index contributed by atoms with van der Waals surface area (Å²) in [5, 5.41) is 12.2. The number of thioether (sulfide) groups is 1. The van der Waals surface area contributed by atoms with Crippen LogP contribution in [0.25, 0.3) is 0 Å². The Morgan fingerprint density at radius 3 is 2.79 bits per heavy atom. The number of carbonyl (C=O) groups is 1. The van der Waals surface area contributed by atoms with Crippen molar-refractivity contribution >= 4 is 23.4 Å². The van der Waals surface area contributed by atoms with Crippen LogP contribution in [-0.2, 0) is 22.6 Å². The normalized spacial score (nSPS) is 15.1. The number of nitrogens with one attached hydrogen (secondary N) is 1. The quantitative estimate of drug-likeness (QED) is 0.661. The van der Waals surface area contributed by atoms with Crippen LogP contribution in [0.15, 0.2) is 23.4 Å². The van der Waals surface area contributed by atoms with Crippen LogP contribution >= 0.6 is 11.8 Å². The van der Waals surface area contributed by atoms with Gasteiger partial charge in [0.1, 0.15) is 11.6 Å². The van der Waals surface area contributed by atoms with Crippen molar-refractivity contribution in [3.63, 3.8) is 0 Å². The molecule has 1 fully saturated rings. The molecular weight excluding hydrogens is 393 g/mol. The fourth-order valence-electron chi connectivity index (χ4n) is 3.10. The molecule has 0 aliphatic carbocycles. The standard InChI is InChI=1S/C20H28FN5O2S/c1-14(2)11-26-18(12-25-6-8-28-9-7-25)23-24-20(26)29-13-19(27)22-17-10-16(21)5-4-15(17)3/h4-5,10,14H,6-9,11-13H2,1-3H3,(H,22,27). The number of amides is 1. The van der Waals surface area contributed by atoms with Gasteiger partial charge in [-0.1, -0.05) is 31.7 Å². The van der Waals surface area contributed by atoms with Crippen LogP contribution in [-0.4, -0.2) is 57.6 Å². The minimum absolute atomic E-state index is 0.184. The summed E-state index contributed by atoms with van der Waals surface area (Å²) in [5.74, 6) is 0.951. The molecule has 158 valence electrons. The fourth-order valence-corrected chi connectivity index (χ4v) is 3.86. The first kappa shape index (κ1) is 21.7. The van der Waals surface area contributed by atoms with E-state index in [4.69, 9.17) is 4.74 Å². The molecule has 0 spiro atoms. The first-order valence-electron chi connectivity index (χ1n) is 9.83. The van der Waals surface area contributed by atoms with Crippen molar-refractivity contribution in [2.24, 2.45) is 5.92 Å². The summed E-state index contributed by atoms with van der Waals surface area (Å²) in [6.45, 7) is 10.9. The van der Waals surface area contributed by atoms with Crippen LogP contribution in [0.2, 0.25) is 0 Å². The number of carbonyl (C=O) groups excluding carboxylic acids is 1. The highest BCUT2D eigenvalue weighted by atomic mass is 32.2. The van der Waals surface area contributed by atoms with Gasteiger partial charge in [-0.3, -0.25) is 9.69 Å². The van der Waals surface area contributed by atoms with Gasteiger partial charge in [0.05, 0.1) is 25.5 Å². The van der Waals surface area contributed by atoms with E-state index in [1.54, 1.807) is 6.07 Å². The van der Waals surface area contributed by atoms with Gasteiger partial charge < -0.3 is 14.6 Å². The molecule has 2 aromatic rings. The Hall–Kier alpha value is -1.97. The third-order valence-electron chi connectivity index (χ3n) is 4.62. The maximum Gasteiger partial charge on any atom is 0.234 e. The van der Waals surface area contributed by atoms with E-state index >= 15 is 0 Å². The average Bonchev–Trinajstić information content (AvgIpc) is 3.04. The predicted molar refractivity (Wildman–Crippen MR) is 111 cm³/mol. The zero-order valence-electron chi connectivity index (χ0n) is 17.2. The van der Waals surface area contributed by atoms with Crippen molar-refractivity contribution in [1.82, 2.24) is 19.7 Å². The Morgan fingerprint density at radius 2 is 2.07 bits per heavy atom. The summed E-state index contributed by atoms with van der Waals surface area (Å²) < 4.78 is 20.9. The molecule has 1 aromatic carbocycles. The van der Waals surface area contributed by atoms with Crippen molar-refractivity contribution in [3.05, 3.63) is 35.4 Å². The van der Waals surface area contributed by atoms with E-state index in [0.717, 1.165) is 55.9 Å². The largest absolute Gasteiger partial charge is 0.379 e. The number of aromatic nitrogens is 3. The number of rotatable bonds is 8. The van der Waals surface area contributed by atoms with Gasteiger partial charge in [-0.2, -0.15) is 0 Å². The van der Waals surface area contributed by atoms with Gasteiger partial charge in [0.2, 0.25) is 5.91 Å². The molecule has 1 amide bonds. The summed E-state index contributed by atoms with van der Waals surface area (Å²) in [7, 11) is 0. The van der Waals surface area contributed by atoms with Crippen molar-refractivity contribution < 1.29 is 13.9 Å². The maximum absolute atomic E-state index is 13.4. The predicted octanol–water partition coefficient (Wildman–Crippen LogP) is 2.94. The molecule has 1 saturated heterocycles. The van der Waals surface area contributed by atoms with Crippen LogP contribution in [0.5, 0.6) is 0 Å². The van der Waals surface area contributed by atoms with Crippen LogP contribution in [0.3, 0.4) is 0 Å². The average molecular weight is 422 g/mol. The minimum atomic E-state index is -0.372. The molecule has 0 unspecified atom stereocenters.